The standard InChI is InChI=1S/C14H19N3O4/c18-12(16-5-1-2-6-16)8-17-13(19)10-4-3-9(15-21)7-11(10)14(17)20/h10-11,21H,1-8H2/b15-9+/t10-,11+/m1/s1. The van der Waals surface area contributed by atoms with E-state index in [1.807, 2.05) is 0 Å². The largest absolute Gasteiger partial charge is 0.411 e. The summed E-state index contributed by atoms with van der Waals surface area (Å²) in [5.74, 6) is -1.49. The van der Waals surface area contributed by atoms with Crippen LogP contribution in [0.4, 0.5) is 0 Å². The lowest BCUT2D eigenvalue weighted by Gasteiger charge is -2.20. The summed E-state index contributed by atoms with van der Waals surface area (Å²) in [6.45, 7) is 1.28. The first-order valence-electron chi connectivity index (χ1n) is 7.44. The molecule has 21 heavy (non-hydrogen) atoms. The van der Waals surface area contributed by atoms with Crippen molar-refractivity contribution in [3.8, 4) is 0 Å². The molecule has 0 aromatic rings. The minimum Gasteiger partial charge on any atom is -0.411 e. The number of imide groups is 1. The number of rotatable bonds is 2. The van der Waals surface area contributed by atoms with Crippen LogP contribution in [0.25, 0.3) is 0 Å². The zero-order valence-corrected chi connectivity index (χ0v) is 11.8. The Kier molecular flexibility index (Phi) is 3.65. The van der Waals surface area contributed by atoms with E-state index in [2.05, 4.69) is 5.16 Å². The molecular weight excluding hydrogens is 274 g/mol. The van der Waals surface area contributed by atoms with E-state index in [1.54, 1.807) is 4.90 Å². The number of oxime groups is 1. The topological polar surface area (TPSA) is 90.3 Å². The number of carbonyl (C=O) groups is 3. The molecule has 1 saturated carbocycles. The molecule has 2 heterocycles. The fourth-order valence-electron chi connectivity index (χ4n) is 3.53. The molecule has 2 atom stereocenters. The molecule has 0 radical (unpaired) electrons. The second-order valence-corrected chi connectivity index (χ2v) is 5.97. The highest BCUT2D eigenvalue weighted by Crippen LogP contribution is 2.37. The lowest BCUT2D eigenvalue weighted by molar-refractivity contribution is -0.146. The molecule has 1 aliphatic carbocycles. The van der Waals surface area contributed by atoms with Gasteiger partial charge in [-0.25, -0.2) is 0 Å². The van der Waals surface area contributed by atoms with E-state index in [0.717, 1.165) is 17.7 Å². The summed E-state index contributed by atoms with van der Waals surface area (Å²) in [6, 6.07) is 0. The van der Waals surface area contributed by atoms with Gasteiger partial charge in [-0.2, -0.15) is 0 Å². The molecule has 3 fully saturated rings. The smallest absolute Gasteiger partial charge is 0.242 e. The van der Waals surface area contributed by atoms with Gasteiger partial charge in [0.05, 0.1) is 17.5 Å². The maximum Gasteiger partial charge on any atom is 0.242 e. The first-order chi connectivity index (χ1) is 10.1. The molecule has 0 bridgehead atoms. The maximum absolute atomic E-state index is 12.4. The Bertz CT molecular complexity index is 510. The van der Waals surface area contributed by atoms with Gasteiger partial charge in [-0.1, -0.05) is 5.16 Å². The second-order valence-electron chi connectivity index (χ2n) is 5.97. The van der Waals surface area contributed by atoms with Crippen molar-refractivity contribution in [3.63, 3.8) is 0 Å². The van der Waals surface area contributed by atoms with E-state index in [0.29, 0.717) is 38.1 Å². The molecule has 1 N–H and O–H groups in total. The van der Waals surface area contributed by atoms with Crippen molar-refractivity contribution in [2.24, 2.45) is 17.0 Å². The molecule has 2 aliphatic heterocycles. The first-order valence-corrected chi connectivity index (χ1v) is 7.44. The van der Waals surface area contributed by atoms with Gasteiger partial charge < -0.3 is 10.1 Å². The van der Waals surface area contributed by atoms with Crippen LogP contribution in [0.1, 0.15) is 32.1 Å². The molecular formula is C14H19N3O4. The zero-order valence-electron chi connectivity index (χ0n) is 11.8. The Hall–Kier alpha value is -1.92. The fourth-order valence-corrected chi connectivity index (χ4v) is 3.53. The van der Waals surface area contributed by atoms with E-state index in [9.17, 15) is 14.4 Å². The van der Waals surface area contributed by atoms with Crippen molar-refractivity contribution in [1.82, 2.24) is 9.80 Å². The van der Waals surface area contributed by atoms with Crippen LogP contribution in [0.15, 0.2) is 5.16 Å². The van der Waals surface area contributed by atoms with Gasteiger partial charge in [-0.15, -0.1) is 0 Å². The van der Waals surface area contributed by atoms with Crippen LogP contribution in [0.5, 0.6) is 0 Å². The van der Waals surface area contributed by atoms with Crippen molar-refractivity contribution in [1.29, 1.82) is 0 Å². The minimum atomic E-state index is -0.455. The summed E-state index contributed by atoms with van der Waals surface area (Å²) >= 11 is 0. The summed E-state index contributed by atoms with van der Waals surface area (Å²) in [7, 11) is 0. The Labute approximate surface area is 122 Å². The van der Waals surface area contributed by atoms with Gasteiger partial charge in [-0.3, -0.25) is 19.3 Å². The highest BCUT2D eigenvalue weighted by atomic mass is 16.4. The second kappa shape index (κ2) is 5.46. The van der Waals surface area contributed by atoms with Gasteiger partial charge in [0.1, 0.15) is 6.54 Å². The summed E-state index contributed by atoms with van der Waals surface area (Å²) in [4.78, 5) is 39.6. The predicted octanol–water partition coefficient (Wildman–Crippen LogP) is 0.224. The number of hydrogen-bond donors (Lipinski definition) is 1. The number of likely N-dealkylation sites (tertiary alicyclic amines) is 2. The Morgan fingerprint density at radius 2 is 1.86 bits per heavy atom. The van der Waals surface area contributed by atoms with E-state index < -0.39 is 5.92 Å². The van der Waals surface area contributed by atoms with Crippen LogP contribution in [0, 0.1) is 11.8 Å². The van der Waals surface area contributed by atoms with Crippen LogP contribution < -0.4 is 0 Å². The molecule has 114 valence electrons. The average molecular weight is 293 g/mol. The predicted molar refractivity (Wildman–Crippen MR) is 72.6 cm³/mol. The molecule has 7 heteroatoms. The zero-order chi connectivity index (χ0) is 15.0. The van der Waals surface area contributed by atoms with Crippen molar-refractivity contribution in [2.75, 3.05) is 19.6 Å². The monoisotopic (exact) mass is 293 g/mol. The van der Waals surface area contributed by atoms with E-state index in [4.69, 9.17) is 5.21 Å². The molecule has 3 aliphatic rings. The Morgan fingerprint density at radius 1 is 1.19 bits per heavy atom. The van der Waals surface area contributed by atoms with Gasteiger partial charge >= 0.3 is 0 Å². The molecule has 2 saturated heterocycles. The maximum atomic E-state index is 12.4. The SMILES string of the molecule is O=C(CN1C(=O)[C@H]2C/C(=N/O)CC[C@H]2C1=O)N1CCCC1. The molecule has 0 spiro atoms. The summed E-state index contributed by atoms with van der Waals surface area (Å²) in [6.07, 6.45) is 3.33. The van der Waals surface area contributed by atoms with Crippen LogP contribution in [-0.4, -0.2) is 58.1 Å². The van der Waals surface area contributed by atoms with Crippen molar-refractivity contribution < 1.29 is 19.6 Å². The fraction of sp³-hybridized carbons (Fsp3) is 0.714. The van der Waals surface area contributed by atoms with Crippen LogP contribution in [-0.2, 0) is 14.4 Å². The highest BCUT2D eigenvalue weighted by molar-refractivity contribution is 6.09. The van der Waals surface area contributed by atoms with Gasteiger partial charge in [0.15, 0.2) is 0 Å². The van der Waals surface area contributed by atoms with E-state index in [-0.39, 0.29) is 30.2 Å². The van der Waals surface area contributed by atoms with Gasteiger partial charge in [0, 0.05) is 19.5 Å². The quantitative estimate of drug-likeness (QED) is 0.448. The molecule has 3 amide bonds. The third kappa shape index (κ3) is 2.41. The van der Waals surface area contributed by atoms with Crippen molar-refractivity contribution in [2.45, 2.75) is 32.1 Å². The van der Waals surface area contributed by atoms with Gasteiger partial charge in [-0.05, 0) is 25.7 Å². The van der Waals surface area contributed by atoms with Gasteiger partial charge in [0.25, 0.3) is 0 Å². The Morgan fingerprint density at radius 3 is 2.52 bits per heavy atom. The van der Waals surface area contributed by atoms with Crippen molar-refractivity contribution in [3.05, 3.63) is 0 Å². The molecule has 0 aromatic heterocycles. The third-order valence-corrected chi connectivity index (χ3v) is 4.75. The average Bonchev–Trinajstić information content (AvgIpc) is 3.11. The molecule has 3 rings (SSSR count). The third-order valence-electron chi connectivity index (χ3n) is 4.75. The van der Waals surface area contributed by atoms with Crippen LogP contribution >= 0.6 is 0 Å². The number of carbonyl (C=O) groups excluding carboxylic acids is 3. The summed E-state index contributed by atoms with van der Waals surface area (Å²) in [5, 5.41) is 12.0. The lowest BCUT2D eigenvalue weighted by atomic mass is 9.80. The first kappa shape index (κ1) is 14.0. The van der Waals surface area contributed by atoms with Crippen molar-refractivity contribution >= 4 is 23.4 Å². The molecule has 0 aromatic carbocycles. The molecule has 7 nitrogen and oxygen atoms in total. The number of amides is 3. The minimum absolute atomic E-state index is 0.143. The van der Waals surface area contributed by atoms with Crippen LogP contribution in [0.3, 0.4) is 0 Å². The number of nitrogens with zero attached hydrogens (tertiary/aromatic N) is 3. The van der Waals surface area contributed by atoms with Gasteiger partial charge in [0.2, 0.25) is 17.7 Å². The highest BCUT2D eigenvalue weighted by Gasteiger charge is 2.50. The molecule has 0 unspecified atom stereocenters. The number of fused-ring (bicyclic) bond motifs is 1. The van der Waals surface area contributed by atoms with E-state index >= 15 is 0 Å². The van der Waals surface area contributed by atoms with Crippen LogP contribution in [0.2, 0.25) is 0 Å². The number of hydrogen-bond acceptors (Lipinski definition) is 5. The Balaban J connectivity index is 1.70. The summed E-state index contributed by atoms with van der Waals surface area (Å²) in [5.41, 5.74) is 0.560. The summed E-state index contributed by atoms with van der Waals surface area (Å²) < 4.78 is 0. The van der Waals surface area contributed by atoms with E-state index in [1.165, 1.54) is 0 Å². The normalized spacial score (nSPS) is 31.1. The lowest BCUT2D eigenvalue weighted by Crippen LogP contribution is -2.42.